The highest BCUT2D eigenvalue weighted by Crippen LogP contribution is 2.27. The normalized spacial score (nSPS) is 10.7. The SMILES string of the molecule is COC(=O)c1ccc(CSc2nnc(-c3ccncc3)n2Cc2ccccc2)cc1. The molecule has 7 heteroatoms. The second kappa shape index (κ2) is 9.37. The fraction of sp³-hybridized carbons (Fsp3) is 0.130. The number of ether oxygens (including phenoxy) is 1. The van der Waals surface area contributed by atoms with Crippen molar-refractivity contribution in [3.63, 3.8) is 0 Å². The molecule has 0 aliphatic heterocycles. The second-order valence-corrected chi connectivity index (χ2v) is 7.53. The Kier molecular flexibility index (Phi) is 6.20. The van der Waals surface area contributed by atoms with Gasteiger partial charge in [-0.2, -0.15) is 0 Å². The summed E-state index contributed by atoms with van der Waals surface area (Å²) in [5, 5.41) is 9.73. The number of hydrogen-bond acceptors (Lipinski definition) is 6. The summed E-state index contributed by atoms with van der Waals surface area (Å²) in [7, 11) is 1.38. The topological polar surface area (TPSA) is 69.9 Å². The zero-order valence-electron chi connectivity index (χ0n) is 16.4. The number of methoxy groups -OCH3 is 1. The minimum absolute atomic E-state index is 0.334. The molecule has 0 N–H and O–H groups in total. The van der Waals surface area contributed by atoms with E-state index in [-0.39, 0.29) is 5.97 Å². The summed E-state index contributed by atoms with van der Waals surface area (Å²) in [4.78, 5) is 15.7. The van der Waals surface area contributed by atoms with Crippen LogP contribution >= 0.6 is 11.8 Å². The Morgan fingerprint density at radius 1 is 0.933 bits per heavy atom. The number of thioether (sulfide) groups is 1. The van der Waals surface area contributed by atoms with Crippen molar-refractivity contribution in [3.8, 4) is 11.4 Å². The number of benzene rings is 2. The van der Waals surface area contributed by atoms with E-state index in [1.165, 1.54) is 12.7 Å². The lowest BCUT2D eigenvalue weighted by atomic mass is 10.1. The number of rotatable bonds is 7. The third-order valence-electron chi connectivity index (χ3n) is 4.58. The van der Waals surface area contributed by atoms with Crippen molar-refractivity contribution in [1.29, 1.82) is 0 Å². The molecular formula is C23H20N4O2S. The molecule has 0 aliphatic carbocycles. The largest absolute Gasteiger partial charge is 0.465 e. The number of carbonyl (C=O) groups excluding carboxylic acids is 1. The molecule has 6 nitrogen and oxygen atoms in total. The Morgan fingerprint density at radius 2 is 1.67 bits per heavy atom. The molecule has 2 heterocycles. The van der Waals surface area contributed by atoms with Gasteiger partial charge in [-0.15, -0.1) is 10.2 Å². The summed E-state index contributed by atoms with van der Waals surface area (Å²) in [5.74, 6) is 1.19. The predicted molar refractivity (Wildman–Crippen MR) is 116 cm³/mol. The summed E-state index contributed by atoms with van der Waals surface area (Å²) >= 11 is 1.61. The van der Waals surface area contributed by atoms with Crippen LogP contribution in [0.3, 0.4) is 0 Å². The third kappa shape index (κ3) is 4.58. The monoisotopic (exact) mass is 416 g/mol. The number of esters is 1. The standard InChI is InChI=1S/C23H20N4O2S/c1-29-22(28)20-9-7-18(8-10-20)16-30-23-26-25-21(19-11-13-24-14-12-19)27(23)15-17-5-3-2-4-6-17/h2-14H,15-16H2,1H3. The van der Waals surface area contributed by atoms with E-state index in [1.54, 1.807) is 36.3 Å². The minimum atomic E-state index is -0.334. The average Bonchev–Trinajstić information content (AvgIpc) is 3.21. The molecule has 0 unspecified atom stereocenters. The fourth-order valence-electron chi connectivity index (χ4n) is 3.02. The summed E-state index contributed by atoms with van der Waals surface area (Å²) in [5.41, 5.74) is 3.78. The molecule has 0 aliphatic rings. The van der Waals surface area contributed by atoms with Crippen molar-refractivity contribution in [2.75, 3.05) is 7.11 Å². The first-order chi connectivity index (χ1) is 14.7. The summed E-state index contributed by atoms with van der Waals surface area (Å²) < 4.78 is 6.88. The molecular weight excluding hydrogens is 396 g/mol. The zero-order chi connectivity index (χ0) is 20.8. The van der Waals surface area contributed by atoms with Gasteiger partial charge < -0.3 is 4.74 Å². The third-order valence-corrected chi connectivity index (χ3v) is 5.62. The van der Waals surface area contributed by atoms with Crippen molar-refractivity contribution in [2.45, 2.75) is 17.5 Å². The van der Waals surface area contributed by atoms with E-state index in [0.29, 0.717) is 17.9 Å². The lowest BCUT2D eigenvalue weighted by molar-refractivity contribution is 0.0600. The van der Waals surface area contributed by atoms with Crippen LogP contribution in [0.2, 0.25) is 0 Å². The molecule has 0 atom stereocenters. The van der Waals surface area contributed by atoms with E-state index in [2.05, 4.69) is 31.9 Å². The van der Waals surface area contributed by atoms with Crippen LogP contribution in [-0.2, 0) is 17.0 Å². The second-order valence-electron chi connectivity index (χ2n) is 6.59. The fourth-order valence-corrected chi connectivity index (χ4v) is 3.91. The van der Waals surface area contributed by atoms with Gasteiger partial charge in [0, 0.05) is 23.7 Å². The van der Waals surface area contributed by atoms with Gasteiger partial charge in [0.05, 0.1) is 19.2 Å². The Morgan fingerprint density at radius 3 is 2.37 bits per heavy atom. The smallest absolute Gasteiger partial charge is 0.337 e. The highest BCUT2D eigenvalue weighted by molar-refractivity contribution is 7.98. The molecule has 2 aromatic heterocycles. The summed E-state index contributed by atoms with van der Waals surface area (Å²) in [6.45, 7) is 0.676. The van der Waals surface area contributed by atoms with Gasteiger partial charge in [-0.3, -0.25) is 9.55 Å². The van der Waals surface area contributed by atoms with E-state index < -0.39 is 0 Å². The lowest BCUT2D eigenvalue weighted by Crippen LogP contribution is -2.04. The van der Waals surface area contributed by atoms with Crippen molar-refractivity contribution in [1.82, 2.24) is 19.7 Å². The van der Waals surface area contributed by atoms with Crippen molar-refractivity contribution >= 4 is 17.7 Å². The molecule has 0 bridgehead atoms. The Bertz CT molecular complexity index is 1110. The number of hydrogen-bond donors (Lipinski definition) is 0. The maximum Gasteiger partial charge on any atom is 0.337 e. The van der Waals surface area contributed by atoms with Crippen LogP contribution in [0.25, 0.3) is 11.4 Å². The van der Waals surface area contributed by atoms with Crippen LogP contribution < -0.4 is 0 Å². The molecule has 0 amide bonds. The van der Waals surface area contributed by atoms with E-state index in [0.717, 1.165) is 22.1 Å². The quantitative estimate of drug-likeness (QED) is 0.327. The van der Waals surface area contributed by atoms with Crippen LogP contribution in [0, 0.1) is 0 Å². The Labute approximate surface area is 179 Å². The first-order valence-corrected chi connectivity index (χ1v) is 10.4. The Balaban J connectivity index is 1.58. The highest BCUT2D eigenvalue weighted by atomic mass is 32.2. The number of nitrogens with zero attached hydrogens (tertiary/aromatic N) is 4. The molecule has 150 valence electrons. The van der Waals surface area contributed by atoms with Crippen molar-refractivity contribution < 1.29 is 9.53 Å². The zero-order valence-corrected chi connectivity index (χ0v) is 17.2. The molecule has 4 aromatic rings. The van der Waals surface area contributed by atoms with E-state index in [1.807, 2.05) is 42.5 Å². The van der Waals surface area contributed by atoms with E-state index >= 15 is 0 Å². The van der Waals surface area contributed by atoms with Gasteiger partial charge in [-0.05, 0) is 35.4 Å². The van der Waals surface area contributed by atoms with Crippen LogP contribution in [0.15, 0.2) is 84.3 Å². The molecule has 0 spiro atoms. The molecule has 2 aromatic carbocycles. The maximum absolute atomic E-state index is 11.6. The molecule has 30 heavy (non-hydrogen) atoms. The number of aromatic nitrogens is 4. The maximum atomic E-state index is 11.6. The summed E-state index contributed by atoms with van der Waals surface area (Å²) in [6, 6.07) is 21.5. The lowest BCUT2D eigenvalue weighted by Gasteiger charge is -2.10. The van der Waals surface area contributed by atoms with Crippen molar-refractivity contribution in [2.24, 2.45) is 0 Å². The van der Waals surface area contributed by atoms with Crippen molar-refractivity contribution in [3.05, 3.63) is 95.8 Å². The van der Waals surface area contributed by atoms with E-state index in [9.17, 15) is 4.79 Å². The first kappa shape index (κ1) is 19.8. The van der Waals surface area contributed by atoms with Gasteiger partial charge in [-0.25, -0.2) is 4.79 Å². The van der Waals surface area contributed by atoms with E-state index in [4.69, 9.17) is 4.74 Å². The summed E-state index contributed by atoms with van der Waals surface area (Å²) in [6.07, 6.45) is 3.51. The molecule has 0 fully saturated rings. The first-order valence-electron chi connectivity index (χ1n) is 9.42. The predicted octanol–water partition coefficient (Wildman–Crippen LogP) is 4.47. The highest BCUT2D eigenvalue weighted by Gasteiger charge is 2.15. The van der Waals surface area contributed by atoms with Crippen LogP contribution in [0.1, 0.15) is 21.5 Å². The van der Waals surface area contributed by atoms with Crippen LogP contribution in [0.5, 0.6) is 0 Å². The minimum Gasteiger partial charge on any atom is -0.465 e. The van der Waals surface area contributed by atoms with Gasteiger partial charge in [0.1, 0.15) is 0 Å². The molecule has 0 saturated heterocycles. The average molecular weight is 417 g/mol. The van der Waals surface area contributed by atoms with Gasteiger partial charge in [0.2, 0.25) is 0 Å². The number of pyridine rings is 1. The molecule has 0 saturated carbocycles. The molecule has 4 rings (SSSR count). The Hall–Kier alpha value is -3.45. The van der Waals surface area contributed by atoms with Gasteiger partial charge in [0.15, 0.2) is 11.0 Å². The molecule has 0 radical (unpaired) electrons. The van der Waals surface area contributed by atoms with Gasteiger partial charge in [0.25, 0.3) is 0 Å². The van der Waals surface area contributed by atoms with Crippen LogP contribution in [0.4, 0.5) is 0 Å². The van der Waals surface area contributed by atoms with Gasteiger partial charge >= 0.3 is 5.97 Å². The van der Waals surface area contributed by atoms with Gasteiger partial charge in [-0.1, -0.05) is 54.2 Å². The van der Waals surface area contributed by atoms with Crippen LogP contribution in [-0.4, -0.2) is 32.8 Å². The number of carbonyl (C=O) groups is 1.